The summed E-state index contributed by atoms with van der Waals surface area (Å²) in [6, 6.07) is 10.1. The second-order valence-corrected chi connectivity index (χ2v) is 6.86. The molecule has 2 heterocycles. The predicted octanol–water partition coefficient (Wildman–Crippen LogP) is 2.34. The van der Waals surface area contributed by atoms with E-state index in [9.17, 15) is 9.59 Å². The number of carbonyl (C=O) groups is 2. The maximum absolute atomic E-state index is 12.9. The van der Waals surface area contributed by atoms with Crippen LogP contribution in [-0.4, -0.2) is 46.8 Å². The van der Waals surface area contributed by atoms with Crippen molar-refractivity contribution in [3.8, 4) is 6.07 Å². The van der Waals surface area contributed by atoms with Crippen LogP contribution in [0.2, 0.25) is 0 Å². The molecule has 1 fully saturated rings. The summed E-state index contributed by atoms with van der Waals surface area (Å²) in [7, 11) is 0. The Hall–Kier alpha value is -2.65. The maximum Gasteiger partial charge on any atom is 0.217 e. The highest BCUT2D eigenvalue weighted by Gasteiger charge is 2.24. The largest absolute Gasteiger partial charge is 0.352 e. The van der Waals surface area contributed by atoms with Gasteiger partial charge in [-0.1, -0.05) is 18.2 Å². The molecule has 1 unspecified atom stereocenters. The average Bonchev–Trinajstić information content (AvgIpc) is 2.98. The number of rotatable bonds is 6. The van der Waals surface area contributed by atoms with Crippen LogP contribution in [0, 0.1) is 11.3 Å². The number of aromatic nitrogens is 1. The normalized spacial score (nSPS) is 17.8. The molecule has 26 heavy (non-hydrogen) atoms. The van der Waals surface area contributed by atoms with Gasteiger partial charge in [-0.05, 0) is 25.5 Å². The number of amides is 1. The van der Waals surface area contributed by atoms with E-state index >= 15 is 0 Å². The number of fused-ring (bicyclic) bond motifs is 1. The van der Waals surface area contributed by atoms with Crippen molar-refractivity contribution in [3.05, 3.63) is 36.0 Å². The average molecular weight is 352 g/mol. The molecule has 2 aromatic rings. The first kappa shape index (κ1) is 18.2. The van der Waals surface area contributed by atoms with Gasteiger partial charge in [-0.25, -0.2) is 0 Å². The zero-order chi connectivity index (χ0) is 18.5. The van der Waals surface area contributed by atoms with Gasteiger partial charge < -0.3 is 9.88 Å². The number of Topliss-reactive ketones (excluding diaryl/α,β-unsaturated/α-hetero) is 1. The van der Waals surface area contributed by atoms with Crippen LogP contribution >= 0.6 is 0 Å². The smallest absolute Gasteiger partial charge is 0.217 e. The van der Waals surface area contributed by atoms with E-state index in [1.165, 1.54) is 6.92 Å². The molecular formula is C20H24N4O2. The van der Waals surface area contributed by atoms with Gasteiger partial charge >= 0.3 is 0 Å². The third-order valence-electron chi connectivity index (χ3n) is 4.83. The number of aryl methyl sites for hydroxylation is 1. The van der Waals surface area contributed by atoms with Crippen LogP contribution in [0.25, 0.3) is 10.9 Å². The van der Waals surface area contributed by atoms with E-state index in [1.54, 1.807) is 0 Å². The van der Waals surface area contributed by atoms with Crippen LogP contribution in [-0.2, 0) is 11.3 Å². The molecule has 6 nitrogen and oxygen atoms in total. The van der Waals surface area contributed by atoms with Gasteiger partial charge in [0.2, 0.25) is 5.91 Å². The summed E-state index contributed by atoms with van der Waals surface area (Å²) in [5.74, 6) is 0.0594. The van der Waals surface area contributed by atoms with Crippen LogP contribution in [0.1, 0.15) is 36.5 Å². The summed E-state index contributed by atoms with van der Waals surface area (Å²) < 4.78 is 1.99. The van der Waals surface area contributed by atoms with Crippen molar-refractivity contribution < 1.29 is 9.59 Å². The fraction of sp³-hybridized carbons (Fsp3) is 0.450. The molecule has 1 aromatic carbocycles. The number of para-hydroxylation sites is 1. The molecular weight excluding hydrogens is 328 g/mol. The zero-order valence-electron chi connectivity index (χ0n) is 15.1. The Labute approximate surface area is 153 Å². The van der Waals surface area contributed by atoms with Crippen molar-refractivity contribution >= 4 is 22.6 Å². The number of benzene rings is 1. The minimum atomic E-state index is -0.0243. The Kier molecular flexibility index (Phi) is 5.69. The highest BCUT2D eigenvalue weighted by Crippen LogP contribution is 2.23. The van der Waals surface area contributed by atoms with E-state index < -0.39 is 0 Å². The summed E-state index contributed by atoms with van der Waals surface area (Å²) in [5, 5.41) is 12.7. The Morgan fingerprint density at radius 1 is 1.35 bits per heavy atom. The lowest BCUT2D eigenvalue weighted by molar-refractivity contribution is -0.120. The summed E-state index contributed by atoms with van der Waals surface area (Å²) in [6.45, 7) is 4.04. The highest BCUT2D eigenvalue weighted by atomic mass is 16.1. The second kappa shape index (κ2) is 8.15. The molecule has 1 aliphatic heterocycles. The van der Waals surface area contributed by atoms with Gasteiger partial charge in [-0.2, -0.15) is 5.26 Å². The lowest BCUT2D eigenvalue weighted by Crippen LogP contribution is -2.48. The molecule has 0 radical (unpaired) electrons. The van der Waals surface area contributed by atoms with Gasteiger partial charge in [-0.3, -0.25) is 14.5 Å². The lowest BCUT2D eigenvalue weighted by Gasteiger charge is -2.32. The fourth-order valence-electron chi connectivity index (χ4n) is 3.72. The molecule has 1 atom stereocenters. The molecule has 1 aromatic heterocycles. The topological polar surface area (TPSA) is 78.1 Å². The van der Waals surface area contributed by atoms with Gasteiger partial charge in [0.05, 0.1) is 19.0 Å². The molecule has 0 saturated carbocycles. The first-order valence-corrected chi connectivity index (χ1v) is 9.06. The number of nitrogens with zero attached hydrogens (tertiary/aromatic N) is 3. The van der Waals surface area contributed by atoms with Gasteiger partial charge in [0.1, 0.15) is 0 Å². The van der Waals surface area contributed by atoms with E-state index in [0.717, 1.165) is 30.3 Å². The molecule has 3 rings (SSSR count). The van der Waals surface area contributed by atoms with Gasteiger partial charge in [0.25, 0.3) is 0 Å². The predicted molar refractivity (Wildman–Crippen MR) is 99.8 cm³/mol. The van der Waals surface area contributed by atoms with Crippen molar-refractivity contribution in [2.75, 3.05) is 19.6 Å². The van der Waals surface area contributed by atoms with Crippen LogP contribution in [0.15, 0.2) is 30.5 Å². The number of hydrogen-bond donors (Lipinski definition) is 1. The van der Waals surface area contributed by atoms with E-state index in [2.05, 4.69) is 16.3 Å². The lowest BCUT2D eigenvalue weighted by atomic mass is 10.0. The molecule has 0 aliphatic carbocycles. The number of ketones is 1. The quantitative estimate of drug-likeness (QED) is 0.810. The van der Waals surface area contributed by atoms with Crippen molar-refractivity contribution in [1.82, 2.24) is 14.8 Å². The van der Waals surface area contributed by atoms with E-state index in [0.29, 0.717) is 31.6 Å². The number of piperidine rings is 1. The van der Waals surface area contributed by atoms with Crippen LogP contribution in [0.4, 0.5) is 0 Å². The maximum atomic E-state index is 12.9. The fourth-order valence-corrected chi connectivity index (χ4v) is 3.72. The van der Waals surface area contributed by atoms with Crippen molar-refractivity contribution in [2.24, 2.45) is 0 Å². The molecule has 1 saturated heterocycles. The number of hydrogen-bond acceptors (Lipinski definition) is 4. The number of carbonyl (C=O) groups excluding carboxylic acids is 2. The number of nitriles is 1. The summed E-state index contributed by atoms with van der Waals surface area (Å²) in [6.07, 6.45) is 4.22. The van der Waals surface area contributed by atoms with E-state index in [1.807, 2.05) is 35.0 Å². The van der Waals surface area contributed by atoms with Gasteiger partial charge in [0.15, 0.2) is 5.78 Å². The zero-order valence-corrected chi connectivity index (χ0v) is 15.1. The molecule has 1 aliphatic rings. The Morgan fingerprint density at radius 2 is 2.15 bits per heavy atom. The summed E-state index contributed by atoms with van der Waals surface area (Å²) in [4.78, 5) is 26.3. The van der Waals surface area contributed by atoms with Crippen molar-refractivity contribution in [3.63, 3.8) is 0 Å². The summed E-state index contributed by atoms with van der Waals surface area (Å²) >= 11 is 0. The molecule has 0 spiro atoms. The molecule has 0 bridgehead atoms. The molecule has 136 valence electrons. The van der Waals surface area contributed by atoms with Gasteiger partial charge in [-0.15, -0.1) is 0 Å². The monoisotopic (exact) mass is 352 g/mol. The Bertz CT molecular complexity index is 849. The standard InChI is InChI=1S/C20H24N4O2/c1-15(25)22-16-6-4-10-23(12-16)14-20(26)18-13-24(11-5-9-21)19-8-3-2-7-17(18)19/h2-3,7-8,13,16H,4-6,10-12,14H2,1H3,(H,22,25). The van der Waals surface area contributed by atoms with Crippen molar-refractivity contribution in [1.29, 1.82) is 5.26 Å². The molecule has 1 amide bonds. The molecule has 6 heteroatoms. The minimum Gasteiger partial charge on any atom is -0.352 e. The van der Waals surface area contributed by atoms with E-state index in [4.69, 9.17) is 5.26 Å². The third-order valence-corrected chi connectivity index (χ3v) is 4.83. The first-order valence-electron chi connectivity index (χ1n) is 9.06. The van der Waals surface area contributed by atoms with Crippen LogP contribution < -0.4 is 5.32 Å². The van der Waals surface area contributed by atoms with Crippen molar-refractivity contribution in [2.45, 2.75) is 38.8 Å². The molecule has 1 N–H and O–H groups in total. The van der Waals surface area contributed by atoms with E-state index in [-0.39, 0.29) is 17.7 Å². The van der Waals surface area contributed by atoms with Crippen LogP contribution in [0.5, 0.6) is 0 Å². The van der Waals surface area contributed by atoms with Crippen LogP contribution in [0.3, 0.4) is 0 Å². The number of nitrogens with one attached hydrogen (secondary N) is 1. The Morgan fingerprint density at radius 3 is 2.92 bits per heavy atom. The first-order chi connectivity index (χ1) is 12.6. The minimum absolute atomic E-state index is 0.0243. The second-order valence-electron chi connectivity index (χ2n) is 6.86. The van der Waals surface area contributed by atoms with Gasteiger partial charge in [0, 0.05) is 48.7 Å². The highest BCUT2D eigenvalue weighted by molar-refractivity contribution is 6.09. The SMILES string of the molecule is CC(=O)NC1CCCN(CC(=O)c2cn(CCC#N)c3ccccc23)C1. The number of likely N-dealkylation sites (tertiary alicyclic amines) is 1. The third kappa shape index (κ3) is 4.12. The Balaban J connectivity index is 1.75. The summed E-state index contributed by atoms with van der Waals surface area (Å²) in [5.41, 5.74) is 1.70.